The zero-order chi connectivity index (χ0) is 15.0. The first kappa shape index (κ1) is 15.0. The molecule has 0 aliphatic carbocycles. The highest BCUT2D eigenvalue weighted by molar-refractivity contribution is 5.74. The number of pyridine rings is 1. The molecule has 1 unspecified atom stereocenters. The van der Waals surface area contributed by atoms with Crippen LogP contribution in [0.25, 0.3) is 0 Å². The van der Waals surface area contributed by atoms with Crippen LogP contribution in [0.3, 0.4) is 0 Å². The van der Waals surface area contributed by atoms with Gasteiger partial charge in [0.2, 0.25) is 0 Å². The first-order valence-corrected chi connectivity index (χ1v) is 7.07. The van der Waals surface area contributed by atoms with Crippen LogP contribution in [-0.4, -0.2) is 22.0 Å². The number of hydrogen-bond donors (Lipinski definition) is 1. The zero-order valence-corrected chi connectivity index (χ0v) is 13.0. The van der Waals surface area contributed by atoms with Gasteiger partial charge in [0.05, 0.1) is 11.6 Å². The smallest absolute Gasteiger partial charge is 0.311 e. The Hall–Kier alpha value is -1.42. The maximum absolute atomic E-state index is 12.3. The molecular weight excluding hydrogens is 252 g/mol. The molecular formula is C16H24N2O2. The lowest BCUT2D eigenvalue weighted by atomic mass is 9.87. The number of aromatic nitrogens is 1. The van der Waals surface area contributed by atoms with Gasteiger partial charge in [0.15, 0.2) is 0 Å². The highest BCUT2D eigenvalue weighted by Crippen LogP contribution is 2.36. The lowest BCUT2D eigenvalue weighted by Gasteiger charge is -2.27. The van der Waals surface area contributed by atoms with Gasteiger partial charge in [-0.05, 0) is 52.7 Å². The molecule has 1 aromatic heterocycles. The van der Waals surface area contributed by atoms with Gasteiger partial charge in [-0.15, -0.1) is 0 Å². The maximum Gasteiger partial charge on any atom is 0.311 e. The predicted octanol–water partition coefficient (Wildman–Crippen LogP) is 2.60. The fourth-order valence-electron chi connectivity index (χ4n) is 2.98. The number of rotatable bonds is 3. The molecule has 1 fully saturated rings. The number of carbonyl (C=O) groups excluding carboxylic acids is 1. The lowest BCUT2D eigenvalue weighted by molar-refractivity contribution is -0.151. The SMILES string of the molecule is Cc1ccc(COC(=O)C2CC(C)(C)NC2(C)C)nc1. The average Bonchev–Trinajstić information content (AvgIpc) is 2.56. The van der Waals surface area contributed by atoms with Crippen molar-refractivity contribution in [2.45, 2.75) is 58.7 Å². The van der Waals surface area contributed by atoms with Gasteiger partial charge in [-0.3, -0.25) is 9.78 Å². The van der Waals surface area contributed by atoms with Gasteiger partial charge < -0.3 is 10.1 Å². The Morgan fingerprint density at radius 2 is 2.10 bits per heavy atom. The van der Waals surface area contributed by atoms with E-state index in [9.17, 15) is 4.79 Å². The number of nitrogens with one attached hydrogen (secondary N) is 1. The number of nitrogens with zero attached hydrogens (tertiary/aromatic N) is 1. The molecule has 20 heavy (non-hydrogen) atoms. The molecule has 1 aliphatic rings. The molecule has 2 heterocycles. The summed E-state index contributed by atoms with van der Waals surface area (Å²) in [6.45, 7) is 10.6. The minimum Gasteiger partial charge on any atom is -0.459 e. The van der Waals surface area contributed by atoms with Crippen LogP contribution >= 0.6 is 0 Å². The van der Waals surface area contributed by atoms with Crippen LogP contribution in [0, 0.1) is 12.8 Å². The summed E-state index contributed by atoms with van der Waals surface area (Å²) < 4.78 is 5.44. The summed E-state index contributed by atoms with van der Waals surface area (Å²) in [6, 6.07) is 3.87. The van der Waals surface area contributed by atoms with Crippen LogP contribution in [0.2, 0.25) is 0 Å². The van der Waals surface area contributed by atoms with Crippen LogP contribution in [0.15, 0.2) is 18.3 Å². The summed E-state index contributed by atoms with van der Waals surface area (Å²) in [5.41, 5.74) is 1.62. The van der Waals surface area contributed by atoms with E-state index < -0.39 is 0 Å². The van der Waals surface area contributed by atoms with E-state index in [1.165, 1.54) is 0 Å². The first-order chi connectivity index (χ1) is 9.20. The van der Waals surface area contributed by atoms with Crippen LogP contribution in [0.4, 0.5) is 0 Å². The molecule has 4 nitrogen and oxygen atoms in total. The van der Waals surface area contributed by atoms with Gasteiger partial charge in [-0.2, -0.15) is 0 Å². The molecule has 0 spiro atoms. The average molecular weight is 276 g/mol. The zero-order valence-electron chi connectivity index (χ0n) is 13.0. The summed E-state index contributed by atoms with van der Waals surface area (Å²) in [5, 5.41) is 3.49. The van der Waals surface area contributed by atoms with E-state index >= 15 is 0 Å². The molecule has 1 N–H and O–H groups in total. The largest absolute Gasteiger partial charge is 0.459 e. The van der Waals surface area contributed by atoms with E-state index in [1.807, 2.05) is 19.1 Å². The quantitative estimate of drug-likeness (QED) is 0.862. The van der Waals surface area contributed by atoms with Crippen LogP contribution < -0.4 is 5.32 Å². The summed E-state index contributed by atoms with van der Waals surface area (Å²) in [7, 11) is 0. The van der Waals surface area contributed by atoms with Gasteiger partial charge in [0, 0.05) is 17.3 Å². The van der Waals surface area contributed by atoms with E-state index in [0.717, 1.165) is 17.7 Å². The fraction of sp³-hybridized carbons (Fsp3) is 0.625. The molecule has 0 amide bonds. The topological polar surface area (TPSA) is 51.2 Å². The second-order valence-electron chi connectivity index (χ2n) is 6.92. The van der Waals surface area contributed by atoms with Crippen molar-refractivity contribution >= 4 is 5.97 Å². The molecule has 1 aromatic rings. The molecule has 1 aliphatic heterocycles. The second kappa shape index (κ2) is 5.17. The highest BCUT2D eigenvalue weighted by Gasteiger charge is 2.48. The van der Waals surface area contributed by atoms with Crippen molar-refractivity contribution in [1.29, 1.82) is 0 Å². The normalized spacial score (nSPS) is 23.6. The summed E-state index contributed by atoms with van der Waals surface area (Å²) >= 11 is 0. The molecule has 4 heteroatoms. The molecule has 1 atom stereocenters. The van der Waals surface area contributed by atoms with Crippen LogP contribution in [0.1, 0.15) is 45.4 Å². The van der Waals surface area contributed by atoms with Gasteiger partial charge >= 0.3 is 5.97 Å². The van der Waals surface area contributed by atoms with Crippen molar-refractivity contribution in [1.82, 2.24) is 10.3 Å². The van der Waals surface area contributed by atoms with E-state index in [2.05, 4.69) is 38.0 Å². The number of aryl methyl sites for hydroxylation is 1. The maximum atomic E-state index is 12.3. The summed E-state index contributed by atoms with van der Waals surface area (Å²) in [6.07, 6.45) is 2.58. The van der Waals surface area contributed by atoms with E-state index in [0.29, 0.717) is 0 Å². The molecule has 110 valence electrons. The minimum atomic E-state index is -0.235. The second-order valence-corrected chi connectivity index (χ2v) is 6.92. The van der Waals surface area contributed by atoms with Crippen molar-refractivity contribution < 1.29 is 9.53 Å². The Morgan fingerprint density at radius 3 is 2.60 bits per heavy atom. The van der Waals surface area contributed by atoms with Crippen molar-refractivity contribution in [2.75, 3.05) is 0 Å². The third kappa shape index (κ3) is 3.37. The minimum absolute atomic E-state index is 0.0324. The summed E-state index contributed by atoms with van der Waals surface area (Å²) in [4.78, 5) is 16.5. The highest BCUT2D eigenvalue weighted by atomic mass is 16.5. The number of hydrogen-bond acceptors (Lipinski definition) is 4. The van der Waals surface area contributed by atoms with Crippen molar-refractivity contribution in [3.05, 3.63) is 29.6 Å². The Balaban J connectivity index is 1.97. The molecule has 0 bridgehead atoms. The monoisotopic (exact) mass is 276 g/mol. The molecule has 2 rings (SSSR count). The summed E-state index contributed by atoms with van der Waals surface area (Å²) in [5.74, 6) is -0.265. The molecule has 0 aromatic carbocycles. The fourth-order valence-corrected chi connectivity index (χ4v) is 2.98. The van der Waals surface area contributed by atoms with Gasteiger partial charge in [0.1, 0.15) is 6.61 Å². The molecule has 0 radical (unpaired) electrons. The van der Waals surface area contributed by atoms with Crippen molar-refractivity contribution in [3.8, 4) is 0 Å². The third-order valence-corrected chi connectivity index (χ3v) is 3.87. The van der Waals surface area contributed by atoms with Crippen LogP contribution in [-0.2, 0) is 16.1 Å². The van der Waals surface area contributed by atoms with E-state index in [1.54, 1.807) is 6.20 Å². The van der Waals surface area contributed by atoms with Crippen molar-refractivity contribution in [3.63, 3.8) is 0 Å². The third-order valence-electron chi connectivity index (χ3n) is 3.87. The van der Waals surface area contributed by atoms with Gasteiger partial charge in [0.25, 0.3) is 0 Å². The van der Waals surface area contributed by atoms with Crippen LogP contribution in [0.5, 0.6) is 0 Å². The molecule has 1 saturated heterocycles. The predicted molar refractivity (Wildman–Crippen MR) is 78.2 cm³/mol. The Kier molecular flexibility index (Phi) is 3.87. The van der Waals surface area contributed by atoms with E-state index in [4.69, 9.17) is 4.74 Å². The lowest BCUT2D eigenvalue weighted by Crippen LogP contribution is -2.46. The Bertz CT molecular complexity index is 492. The van der Waals surface area contributed by atoms with E-state index in [-0.39, 0.29) is 29.6 Å². The number of ether oxygens (including phenoxy) is 1. The standard InChI is InChI=1S/C16H24N2O2/c1-11-6-7-12(17-9-11)10-20-14(19)13-8-15(2,3)18-16(13,4)5/h6-7,9,13,18H,8,10H2,1-5H3. The number of carbonyl (C=O) groups is 1. The van der Waals surface area contributed by atoms with Crippen molar-refractivity contribution in [2.24, 2.45) is 5.92 Å². The first-order valence-electron chi connectivity index (χ1n) is 7.07. The van der Waals surface area contributed by atoms with Gasteiger partial charge in [-0.25, -0.2) is 0 Å². The Morgan fingerprint density at radius 1 is 1.40 bits per heavy atom. The molecule has 0 saturated carbocycles. The van der Waals surface area contributed by atoms with Gasteiger partial charge in [-0.1, -0.05) is 6.07 Å². The number of esters is 1. The Labute approximate surface area is 120 Å².